The Hall–Kier alpha value is -0.970. The monoisotopic (exact) mass is 347 g/mol. The lowest BCUT2D eigenvalue weighted by atomic mass is 9.66. The molecule has 1 aromatic rings. The van der Waals surface area contributed by atoms with Gasteiger partial charge in [0.2, 0.25) is 0 Å². The maximum atomic E-state index is 13.3. The highest BCUT2D eigenvalue weighted by Gasteiger charge is 2.45. The Morgan fingerprint density at radius 3 is 2.36 bits per heavy atom. The highest BCUT2D eigenvalue weighted by molar-refractivity contribution is 5.20. The molecule has 3 fully saturated rings. The summed E-state index contributed by atoms with van der Waals surface area (Å²) in [5, 5.41) is 0. The van der Waals surface area contributed by atoms with Crippen LogP contribution in [0.1, 0.15) is 44.8 Å². The minimum atomic E-state index is -0.176. The number of rotatable bonds is 3. The van der Waals surface area contributed by atoms with Crippen molar-refractivity contribution in [3.63, 3.8) is 0 Å². The van der Waals surface area contributed by atoms with E-state index >= 15 is 0 Å². The van der Waals surface area contributed by atoms with Crippen LogP contribution in [0, 0.1) is 23.1 Å². The summed E-state index contributed by atoms with van der Waals surface area (Å²) >= 11 is 0. The summed E-state index contributed by atoms with van der Waals surface area (Å²) in [5.74, 6) is 0.882. The summed E-state index contributed by atoms with van der Waals surface area (Å²) in [6.07, 6.45) is 3.78. The number of benzene rings is 1. The Morgan fingerprint density at radius 2 is 1.80 bits per heavy atom. The number of hydrogen-bond donors (Lipinski definition) is 0. The summed E-state index contributed by atoms with van der Waals surface area (Å²) in [5.41, 5.74) is 1.45. The van der Waals surface area contributed by atoms with Gasteiger partial charge in [-0.05, 0) is 67.3 Å². The molecule has 4 heteroatoms. The van der Waals surface area contributed by atoms with Crippen LogP contribution in [-0.2, 0) is 9.47 Å². The van der Waals surface area contributed by atoms with Gasteiger partial charge in [0.15, 0.2) is 0 Å². The number of hydrogen-bond acceptors (Lipinski definition) is 3. The van der Waals surface area contributed by atoms with Crippen LogP contribution < -0.4 is 0 Å². The van der Waals surface area contributed by atoms with Crippen molar-refractivity contribution in [1.82, 2.24) is 4.90 Å². The van der Waals surface area contributed by atoms with Crippen molar-refractivity contribution in [3.05, 3.63) is 35.6 Å². The number of ether oxygens (including phenoxy) is 2. The third kappa shape index (κ3) is 3.49. The standard InChI is InChI=1S/C21H30FNO2/c1-15(2)19-11-21(7-9-23(10-8-21)18-12-24-13-18)14-25-20(19)16-3-5-17(22)6-4-16/h3-6,15,18-20H,7-14H2,1-2H3/t19-,20-/m0/s1. The third-order valence-corrected chi connectivity index (χ3v) is 6.68. The fourth-order valence-corrected chi connectivity index (χ4v) is 4.78. The smallest absolute Gasteiger partial charge is 0.123 e. The normalized spacial score (nSPS) is 30.6. The van der Waals surface area contributed by atoms with E-state index in [0.29, 0.717) is 23.3 Å². The molecule has 1 aromatic carbocycles. The number of halogens is 1. The van der Waals surface area contributed by atoms with Crippen LogP contribution in [0.4, 0.5) is 4.39 Å². The lowest BCUT2D eigenvalue weighted by Gasteiger charge is -2.51. The fraction of sp³-hybridized carbons (Fsp3) is 0.714. The molecule has 2 atom stereocenters. The van der Waals surface area contributed by atoms with Gasteiger partial charge in [0.05, 0.1) is 32.0 Å². The maximum absolute atomic E-state index is 13.3. The van der Waals surface area contributed by atoms with Gasteiger partial charge >= 0.3 is 0 Å². The average molecular weight is 347 g/mol. The predicted molar refractivity (Wildman–Crippen MR) is 95.9 cm³/mol. The SMILES string of the molecule is CC(C)[C@@H]1CC2(CCN(C3COC3)CC2)CO[C@H]1c1ccc(F)cc1. The van der Waals surface area contributed by atoms with Gasteiger partial charge < -0.3 is 9.47 Å². The molecule has 0 radical (unpaired) electrons. The molecule has 0 aliphatic carbocycles. The van der Waals surface area contributed by atoms with Gasteiger partial charge in [-0.1, -0.05) is 26.0 Å². The lowest BCUT2D eigenvalue weighted by Crippen LogP contribution is -2.55. The van der Waals surface area contributed by atoms with Crippen LogP contribution in [0.2, 0.25) is 0 Å². The zero-order chi connectivity index (χ0) is 17.4. The summed E-state index contributed by atoms with van der Waals surface area (Å²) in [6.45, 7) is 9.59. The highest BCUT2D eigenvalue weighted by atomic mass is 19.1. The van der Waals surface area contributed by atoms with E-state index < -0.39 is 0 Å². The van der Waals surface area contributed by atoms with Crippen LogP contribution in [0.3, 0.4) is 0 Å². The molecule has 3 nitrogen and oxygen atoms in total. The van der Waals surface area contributed by atoms with Crippen molar-refractivity contribution in [2.75, 3.05) is 32.9 Å². The third-order valence-electron chi connectivity index (χ3n) is 6.68. The van der Waals surface area contributed by atoms with E-state index in [1.165, 1.54) is 32.4 Å². The molecule has 0 N–H and O–H groups in total. The van der Waals surface area contributed by atoms with E-state index in [4.69, 9.17) is 9.47 Å². The molecule has 1 spiro atoms. The Morgan fingerprint density at radius 1 is 1.12 bits per heavy atom. The van der Waals surface area contributed by atoms with Crippen LogP contribution in [0.5, 0.6) is 0 Å². The number of likely N-dealkylation sites (tertiary alicyclic amines) is 1. The van der Waals surface area contributed by atoms with Crippen molar-refractivity contribution in [2.45, 2.75) is 45.3 Å². The molecule has 3 aliphatic heterocycles. The molecule has 25 heavy (non-hydrogen) atoms. The second kappa shape index (κ2) is 6.98. The Kier molecular flexibility index (Phi) is 4.87. The minimum Gasteiger partial charge on any atom is -0.378 e. The van der Waals surface area contributed by atoms with Crippen molar-refractivity contribution >= 4 is 0 Å². The largest absolute Gasteiger partial charge is 0.378 e. The molecule has 4 rings (SSSR count). The molecule has 0 unspecified atom stereocenters. The summed E-state index contributed by atoms with van der Waals surface area (Å²) in [4.78, 5) is 2.60. The molecule has 0 bridgehead atoms. The van der Waals surface area contributed by atoms with Gasteiger partial charge in [0.1, 0.15) is 5.82 Å². The van der Waals surface area contributed by atoms with Crippen molar-refractivity contribution in [2.24, 2.45) is 17.3 Å². The molecule has 138 valence electrons. The zero-order valence-electron chi connectivity index (χ0n) is 15.4. The molecule has 3 heterocycles. The van der Waals surface area contributed by atoms with Gasteiger partial charge in [-0.15, -0.1) is 0 Å². The molecule has 3 aliphatic rings. The zero-order valence-corrected chi connectivity index (χ0v) is 15.4. The fourth-order valence-electron chi connectivity index (χ4n) is 4.78. The van der Waals surface area contributed by atoms with Crippen molar-refractivity contribution < 1.29 is 13.9 Å². The maximum Gasteiger partial charge on any atom is 0.123 e. The first-order chi connectivity index (χ1) is 12.1. The first-order valence-corrected chi connectivity index (χ1v) is 9.75. The first-order valence-electron chi connectivity index (χ1n) is 9.75. The Balaban J connectivity index is 1.45. The van der Waals surface area contributed by atoms with Crippen LogP contribution >= 0.6 is 0 Å². The van der Waals surface area contributed by atoms with E-state index in [0.717, 1.165) is 25.4 Å². The van der Waals surface area contributed by atoms with E-state index in [2.05, 4.69) is 18.7 Å². The van der Waals surface area contributed by atoms with Crippen molar-refractivity contribution in [1.29, 1.82) is 0 Å². The first kappa shape index (κ1) is 17.4. The minimum absolute atomic E-state index is 0.101. The molecule has 3 saturated heterocycles. The van der Waals surface area contributed by atoms with Gasteiger partial charge in [0, 0.05) is 0 Å². The van der Waals surface area contributed by atoms with Crippen LogP contribution in [0.15, 0.2) is 24.3 Å². The second-order valence-electron chi connectivity index (χ2n) is 8.62. The highest BCUT2D eigenvalue weighted by Crippen LogP contribution is 2.49. The van der Waals surface area contributed by atoms with E-state index in [9.17, 15) is 4.39 Å². The van der Waals surface area contributed by atoms with Gasteiger partial charge in [-0.25, -0.2) is 4.39 Å². The molecular formula is C21H30FNO2. The summed E-state index contributed by atoms with van der Waals surface area (Å²) in [7, 11) is 0. The molecule has 0 amide bonds. The van der Waals surface area contributed by atoms with Crippen LogP contribution in [0.25, 0.3) is 0 Å². The molecule has 0 aromatic heterocycles. The Labute approximate surface area is 150 Å². The number of nitrogens with zero attached hydrogens (tertiary/aromatic N) is 1. The predicted octanol–water partition coefficient (Wildman–Crippen LogP) is 4.04. The van der Waals surface area contributed by atoms with Gasteiger partial charge in [-0.3, -0.25) is 4.90 Å². The van der Waals surface area contributed by atoms with Gasteiger partial charge in [0.25, 0.3) is 0 Å². The van der Waals surface area contributed by atoms with Crippen LogP contribution in [-0.4, -0.2) is 43.9 Å². The lowest BCUT2D eigenvalue weighted by molar-refractivity contribution is -0.144. The number of piperidine rings is 1. The molecule has 0 saturated carbocycles. The summed E-state index contributed by atoms with van der Waals surface area (Å²) in [6, 6.07) is 7.55. The topological polar surface area (TPSA) is 21.7 Å². The Bertz CT molecular complexity index is 576. The van der Waals surface area contributed by atoms with Gasteiger partial charge in [-0.2, -0.15) is 0 Å². The van der Waals surface area contributed by atoms with E-state index in [-0.39, 0.29) is 11.9 Å². The average Bonchev–Trinajstić information content (AvgIpc) is 2.56. The van der Waals surface area contributed by atoms with E-state index in [1.807, 2.05) is 12.1 Å². The molecular weight excluding hydrogens is 317 g/mol. The quantitative estimate of drug-likeness (QED) is 0.824. The van der Waals surface area contributed by atoms with Crippen molar-refractivity contribution in [3.8, 4) is 0 Å². The van der Waals surface area contributed by atoms with E-state index in [1.54, 1.807) is 12.1 Å². The second-order valence-corrected chi connectivity index (χ2v) is 8.62. The summed E-state index contributed by atoms with van der Waals surface area (Å²) < 4.78 is 25.1.